The Morgan fingerprint density at radius 2 is 1.71 bits per heavy atom. The van der Waals surface area contributed by atoms with E-state index in [1.165, 1.54) is 12.8 Å². The Balaban J connectivity index is 1.13. The molecule has 5 aromatic rings. The number of nitrogens with two attached hydrogens (primary N) is 1. The van der Waals surface area contributed by atoms with E-state index in [0.717, 1.165) is 89.0 Å². The maximum absolute atomic E-state index is 9.30. The molecule has 2 aliphatic rings. The lowest BCUT2D eigenvalue weighted by atomic mass is 9.87. The minimum absolute atomic E-state index is 0.291. The van der Waals surface area contributed by atoms with Crippen molar-refractivity contribution in [2.24, 2.45) is 5.92 Å². The molecule has 0 amide bonds. The molecule has 7 rings (SSSR count). The van der Waals surface area contributed by atoms with Crippen molar-refractivity contribution >= 4 is 39.4 Å². The zero-order valence-corrected chi connectivity index (χ0v) is 24.6. The smallest absolute Gasteiger partial charge is 0.164 e. The number of nitrogens with zero attached hydrogens (tertiary/aromatic N) is 6. The molecule has 9 heteroatoms. The molecule has 42 heavy (non-hydrogen) atoms. The number of anilines is 1. The van der Waals surface area contributed by atoms with Gasteiger partial charge in [-0.3, -0.25) is 0 Å². The summed E-state index contributed by atoms with van der Waals surface area (Å²) < 4.78 is 4.35. The molecule has 218 valence electrons. The molecule has 1 aliphatic carbocycles. The Labute approximate surface area is 251 Å². The van der Waals surface area contributed by atoms with E-state index in [2.05, 4.69) is 60.6 Å². The van der Waals surface area contributed by atoms with Gasteiger partial charge in [-0.15, -0.1) is 0 Å². The molecule has 3 aromatic heterocycles. The van der Waals surface area contributed by atoms with Crippen molar-refractivity contribution in [3.63, 3.8) is 0 Å². The number of hydrogen-bond acceptors (Lipinski definition) is 6. The highest BCUT2D eigenvalue weighted by atomic mass is 35.5. The first-order valence-electron chi connectivity index (χ1n) is 15.3. The van der Waals surface area contributed by atoms with Gasteiger partial charge < -0.3 is 20.3 Å². The van der Waals surface area contributed by atoms with E-state index in [-0.39, 0.29) is 0 Å². The van der Waals surface area contributed by atoms with Crippen molar-refractivity contribution in [2.45, 2.75) is 63.6 Å². The first kappa shape index (κ1) is 27.4. The van der Waals surface area contributed by atoms with Crippen LogP contribution >= 0.6 is 11.6 Å². The van der Waals surface area contributed by atoms with Crippen LogP contribution in [0.4, 0.5) is 5.82 Å². The van der Waals surface area contributed by atoms with Crippen molar-refractivity contribution in [2.75, 3.05) is 25.4 Å². The average molecular weight is 584 g/mol. The molecule has 8 nitrogen and oxygen atoms in total. The maximum atomic E-state index is 9.30. The predicted octanol–water partition coefficient (Wildman–Crippen LogP) is 6.31. The molecule has 2 fully saturated rings. The quantitative estimate of drug-likeness (QED) is 0.233. The van der Waals surface area contributed by atoms with Crippen LogP contribution in [0.25, 0.3) is 33.2 Å². The SMILES string of the molecule is Nc1ncnc2c1c(-c1ccc3c(ccn3Cc3ccccc3Cl)c1)nn2[C@H]1CC[C@@H](N2CCC(CCO)CC2)CC1. The number of aliphatic hydroxyl groups is 1. The summed E-state index contributed by atoms with van der Waals surface area (Å²) in [6, 6.07) is 17.5. The number of aromatic nitrogens is 5. The fraction of sp³-hybridized carbons (Fsp3) is 0.424. The monoisotopic (exact) mass is 583 g/mol. The van der Waals surface area contributed by atoms with Crippen LogP contribution in [0, 0.1) is 5.92 Å². The molecule has 0 bridgehead atoms. The third kappa shape index (κ3) is 5.16. The van der Waals surface area contributed by atoms with Gasteiger partial charge >= 0.3 is 0 Å². The second-order valence-electron chi connectivity index (χ2n) is 12.0. The van der Waals surface area contributed by atoms with Crippen molar-refractivity contribution in [1.29, 1.82) is 0 Å². The van der Waals surface area contributed by atoms with Gasteiger partial charge in [-0.05, 0) is 93.8 Å². The predicted molar refractivity (Wildman–Crippen MR) is 169 cm³/mol. The first-order valence-corrected chi connectivity index (χ1v) is 15.6. The summed E-state index contributed by atoms with van der Waals surface area (Å²) in [6.45, 7) is 3.33. The van der Waals surface area contributed by atoms with Crippen LogP contribution in [-0.2, 0) is 6.54 Å². The molecule has 4 heterocycles. The van der Waals surface area contributed by atoms with Gasteiger partial charge in [-0.2, -0.15) is 5.10 Å². The third-order valence-electron chi connectivity index (χ3n) is 9.58. The molecule has 0 spiro atoms. The number of halogens is 1. The highest BCUT2D eigenvalue weighted by Crippen LogP contribution is 2.38. The standard InChI is InChI=1S/C33H38ClN7O/c34-28-4-2-1-3-25(28)20-40-17-13-23-19-24(5-10-29(23)40)31-30-32(35)36-21-37-33(30)41(38-31)27-8-6-26(7-9-27)39-15-11-22(12-16-39)14-18-42/h1-5,10,13,17,19,21-22,26-27,42H,6-9,11-12,14-16,18,20H2,(H2,35,36,37)/t26-,27+. The molecule has 1 aliphatic heterocycles. The summed E-state index contributed by atoms with van der Waals surface area (Å²) in [4.78, 5) is 11.7. The fourth-order valence-corrected chi connectivity index (χ4v) is 7.40. The van der Waals surface area contributed by atoms with Crippen LogP contribution in [0.1, 0.15) is 56.6 Å². The van der Waals surface area contributed by atoms with Gasteiger partial charge in [0.1, 0.15) is 17.8 Å². The van der Waals surface area contributed by atoms with Crippen LogP contribution in [0.15, 0.2) is 61.1 Å². The summed E-state index contributed by atoms with van der Waals surface area (Å²) >= 11 is 6.44. The lowest BCUT2D eigenvalue weighted by molar-refractivity contribution is 0.0871. The zero-order chi connectivity index (χ0) is 28.6. The minimum Gasteiger partial charge on any atom is -0.396 e. The van der Waals surface area contributed by atoms with Gasteiger partial charge in [0.15, 0.2) is 5.65 Å². The molecule has 1 saturated heterocycles. The molecule has 1 saturated carbocycles. The Kier molecular flexibility index (Phi) is 7.61. The molecule has 0 radical (unpaired) electrons. The number of rotatable bonds is 7. The van der Waals surface area contributed by atoms with E-state index >= 15 is 0 Å². The second kappa shape index (κ2) is 11.7. The van der Waals surface area contributed by atoms with Gasteiger partial charge in [-0.25, -0.2) is 14.6 Å². The minimum atomic E-state index is 0.291. The van der Waals surface area contributed by atoms with Crippen molar-refractivity contribution in [3.8, 4) is 11.3 Å². The highest BCUT2D eigenvalue weighted by Gasteiger charge is 2.31. The van der Waals surface area contributed by atoms with Crippen LogP contribution in [0.2, 0.25) is 5.02 Å². The maximum Gasteiger partial charge on any atom is 0.164 e. The van der Waals surface area contributed by atoms with Crippen LogP contribution in [-0.4, -0.2) is 60.1 Å². The first-order chi connectivity index (χ1) is 20.6. The van der Waals surface area contributed by atoms with E-state index in [4.69, 9.17) is 22.4 Å². The molecular formula is C33H38ClN7O. The molecule has 3 N–H and O–H groups in total. The topological polar surface area (TPSA) is 98.0 Å². The summed E-state index contributed by atoms with van der Waals surface area (Å²) in [7, 11) is 0. The molecule has 0 atom stereocenters. The van der Waals surface area contributed by atoms with E-state index in [9.17, 15) is 5.11 Å². The fourth-order valence-electron chi connectivity index (χ4n) is 7.20. The third-order valence-corrected chi connectivity index (χ3v) is 9.94. The lowest BCUT2D eigenvalue weighted by Crippen LogP contribution is -2.43. The second-order valence-corrected chi connectivity index (χ2v) is 12.4. The Bertz CT molecular complexity index is 1700. The van der Waals surface area contributed by atoms with E-state index < -0.39 is 0 Å². The number of nitrogen functional groups attached to an aromatic ring is 1. The molecule has 0 unspecified atom stereocenters. The Morgan fingerprint density at radius 3 is 2.50 bits per heavy atom. The Morgan fingerprint density at radius 1 is 0.929 bits per heavy atom. The van der Waals surface area contributed by atoms with Crippen molar-refractivity contribution in [3.05, 3.63) is 71.6 Å². The highest BCUT2D eigenvalue weighted by molar-refractivity contribution is 6.31. The van der Waals surface area contributed by atoms with E-state index in [1.807, 2.05) is 18.2 Å². The normalized spacial score (nSPS) is 20.5. The van der Waals surface area contributed by atoms with Crippen LogP contribution in [0.3, 0.4) is 0 Å². The summed E-state index contributed by atoms with van der Waals surface area (Å²) in [5.74, 6) is 1.15. The summed E-state index contributed by atoms with van der Waals surface area (Å²) in [6.07, 6.45) is 11.5. The van der Waals surface area contributed by atoms with Gasteiger partial charge in [0.2, 0.25) is 0 Å². The number of aliphatic hydroxyl groups excluding tert-OH is 1. The van der Waals surface area contributed by atoms with Crippen LogP contribution in [0.5, 0.6) is 0 Å². The zero-order valence-electron chi connectivity index (χ0n) is 23.9. The number of likely N-dealkylation sites (tertiary alicyclic amines) is 1. The van der Waals surface area contributed by atoms with Crippen LogP contribution < -0.4 is 5.73 Å². The number of benzene rings is 2. The van der Waals surface area contributed by atoms with Crippen molar-refractivity contribution in [1.82, 2.24) is 29.2 Å². The van der Waals surface area contributed by atoms with Gasteiger partial charge in [0, 0.05) is 46.9 Å². The average Bonchev–Trinajstić information content (AvgIpc) is 3.61. The molecule has 2 aromatic carbocycles. The van der Waals surface area contributed by atoms with E-state index in [0.29, 0.717) is 37.0 Å². The number of hydrogen-bond donors (Lipinski definition) is 2. The largest absolute Gasteiger partial charge is 0.396 e. The van der Waals surface area contributed by atoms with Gasteiger partial charge in [-0.1, -0.05) is 35.9 Å². The lowest BCUT2D eigenvalue weighted by Gasteiger charge is -2.40. The van der Waals surface area contributed by atoms with Crippen molar-refractivity contribution < 1.29 is 5.11 Å². The van der Waals surface area contributed by atoms with Gasteiger partial charge in [0.05, 0.1) is 11.4 Å². The number of piperidine rings is 1. The molecular weight excluding hydrogens is 546 g/mol. The summed E-state index contributed by atoms with van der Waals surface area (Å²) in [5.41, 5.74) is 11.4. The van der Waals surface area contributed by atoms with E-state index in [1.54, 1.807) is 6.33 Å². The Hall–Kier alpha value is -3.46. The number of fused-ring (bicyclic) bond motifs is 2. The summed E-state index contributed by atoms with van der Waals surface area (Å²) in [5, 5.41) is 17.2. The van der Waals surface area contributed by atoms with Gasteiger partial charge in [0.25, 0.3) is 0 Å².